The third-order valence-corrected chi connectivity index (χ3v) is 2.83. The van der Waals surface area contributed by atoms with Crippen LogP contribution >= 0.6 is 0 Å². The molecule has 0 aliphatic heterocycles. The number of hydrogen-bond donors (Lipinski definition) is 1. The minimum Gasteiger partial charge on any atom is -0.496 e. The molecular weight excluding hydrogens is 282 g/mol. The van der Waals surface area contributed by atoms with Gasteiger partial charge in [0.25, 0.3) is 0 Å². The fraction of sp³-hybridized carbons (Fsp3) is 0.562. The summed E-state index contributed by atoms with van der Waals surface area (Å²) in [4.78, 5) is 16.0. The molecule has 0 fully saturated rings. The smallest absolute Gasteiger partial charge is 0.414 e. The number of ether oxygens (including phenoxy) is 2. The molecule has 0 saturated carbocycles. The quantitative estimate of drug-likeness (QED) is 0.846. The maximum atomic E-state index is 12.5. The van der Waals surface area contributed by atoms with Crippen LogP contribution in [0.3, 0.4) is 0 Å². The van der Waals surface area contributed by atoms with Gasteiger partial charge in [-0.2, -0.15) is 0 Å². The van der Waals surface area contributed by atoms with Crippen molar-refractivity contribution in [2.45, 2.75) is 26.4 Å². The summed E-state index contributed by atoms with van der Waals surface area (Å²) >= 11 is 0. The molecule has 0 spiro atoms. The molecule has 1 radical (unpaired) electrons. The summed E-state index contributed by atoms with van der Waals surface area (Å²) in [6, 6.07) is 6.19. The third kappa shape index (κ3) is 5.44. The number of benzene rings is 1. The van der Waals surface area contributed by atoms with Gasteiger partial charge < -0.3 is 20.1 Å². The number of nitrogens with two attached hydrogens (primary N) is 1. The van der Waals surface area contributed by atoms with Gasteiger partial charge in [-0.15, -0.1) is 0 Å². The first-order valence-electron chi connectivity index (χ1n) is 7.14. The highest BCUT2D eigenvalue weighted by Gasteiger charge is 2.25. The lowest BCUT2D eigenvalue weighted by Gasteiger charge is -2.29. The lowest BCUT2D eigenvalue weighted by atomic mass is 10.2. The molecule has 0 aromatic heterocycles. The molecule has 123 valence electrons. The van der Waals surface area contributed by atoms with Crippen LogP contribution in [0.4, 0.5) is 16.2 Å². The highest BCUT2D eigenvalue weighted by atomic mass is 16.6. The molecule has 0 aliphatic carbocycles. The Bertz CT molecular complexity index is 510. The summed E-state index contributed by atoms with van der Waals surface area (Å²) in [6.45, 7) is 6.63. The Kier molecular flexibility index (Phi) is 6.05. The van der Waals surface area contributed by atoms with Crippen LogP contribution in [0.15, 0.2) is 12.1 Å². The van der Waals surface area contributed by atoms with E-state index in [4.69, 9.17) is 15.2 Å². The molecule has 6 heteroatoms. The van der Waals surface area contributed by atoms with Gasteiger partial charge >= 0.3 is 6.09 Å². The molecule has 0 saturated heterocycles. The van der Waals surface area contributed by atoms with Crippen LogP contribution in [0.5, 0.6) is 5.75 Å². The van der Waals surface area contributed by atoms with Gasteiger partial charge in [0.2, 0.25) is 0 Å². The minimum atomic E-state index is -0.576. The second kappa shape index (κ2) is 7.35. The Morgan fingerprint density at radius 2 is 1.95 bits per heavy atom. The van der Waals surface area contributed by atoms with Crippen molar-refractivity contribution in [2.24, 2.45) is 0 Å². The van der Waals surface area contributed by atoms with E-state index in [0.29, 0.717) is 30.2 Å². The van der Waals surface area contributed by atoms with E-state index >= 15 is 0 Å². The molecule has 22 heavy (non-hydrogen) atoms. The molecule has 1 aromatic rings. The zero-order valence-corrected chi connectivity index (χ0v) is 14.3. The molecule has 1 rings (SSSR count). The van der Waals surface area contributed by atoms with Crippen molar-refractivity contribution < 1.29 is 14.3 Å². The molecule has 1 aromatic carbocycles. The van der Waals surface area contributed by atoms with E-state index in [2.05, 4.69) is 6.07 Å². The number of anilines is 2. The van der Waals surface area contributed by atoms with Gasteiger partial charge in [0.15, 0.2) is 0 Å². The van der Waals surface area contributed by atoms with Crippen molar-refractivity contribution in [1.82, 2.24) is 4.90 Å². The standard InChI is InChI=1S/C16H26N3O3/c1-16(2,3)22-15(20)19(10-9-18(4)5)14-11-12(21-6)7-8-13(14)17/h8,11H,9-10,17H2,1-6H3. The maximum absolute atomic E-state index is 12.5. The summed E-state index contributed by atoms with van der Waals surface area (Å²) in [6.07, 6.45) is -0.436. The van der Waals surface area contributed by atoms with Crippen LogP contribution in [0.25, 0.3) is 0 Å². The molecule has 2 N–H and O–H groups in total. The third-order valence-electron chi connectivity index (χ3n) is 2.83. The molecule has 0 unspecified atom stereocenters. The average Bonchev–Trinajstić information content (AvgIpc) is 2.38. The average molecular weight is 308 g/mol. The second-order valence-electron chi connectivity index (χ2n) is 6.28. The topological polar surface area (TPSA) is 68.0 Å². The summed E-state index contributed by atoms with van der Waals surface area (Å²) in [7, 11) is 5.43. The lowest BCUT2D eigenvalue weighted by Crippen LogP contribution is -2.40. The van der Waals surface area contributed by atoms with Crippen LogP contribution in [0, 0.1) is 6.07 Å². The summed E-state index contributed by atoms with van der Waals surface area (Å²) in [5.74, 6) is 0.516. The number of carbonyl (C=O) groups is 1. The number of carbonyl (C=O) groups excluding carboxylic acids is 1. The highest BCUT2D eigenvalue weighted by Crippen LogP contribution is 2.29. The number of methoxy groups -OCH3 is 1. The minimum absolute atomic E-state index is 0.436. The Morgan fingerprint density at radius 1 is 1.32 bits per heavy atom. The monoisotopic (exact) mass is 308 g/mol. The fourth-order valence-electron chi connectivity index (χ4n) is 1.75. The van der Waals surface area contributed by atoms with Gasteiger partial charge in [-0.1, -0.05) is 0 Å². The number of rotatable bonds is 5. The highest BCUT2D eigenvalue weighted by molar-refractivity contribution is 5.92. The predicted octanol–water partition coefficient (Wildman–Crippen LogP) is 2.38. The van der Waals surface area contributed by atoms with Crippen molar-refractivity contribution in [3.05, 3.63) is 18.2 Å². The van der Waals surface area contributed by atoms with Crippen molar-refractivity contribution in [2.75, 3.05) is 44.9 Å². The first-order chi connectivity index (χ1) is 10.1. The van der Waals surface area contributed by atoms with E-state index in [1.54, 1.807) is 19.2 Å². The summed E-state index contributed by atoms with van der Waals surface area (Å²) in [5.41, 5.74) is 6.44. The van der Waals surface area contributed by atoms with Crippen LogP contribution in [0.2, 0.25) is 0 Å². The normalized spacial score (nSPS) is 11.4. The number of nitrogen functional groups attached to an aromatic ring is 1. The Labute approximate surface area is 132 Å². The summed E-state index contributed by atoms with van der Waals surface area (Å²) < 4.78 is 10.6. The molecule has 0 aliphatic rings. The van der Waals surface area contributed by atoms with E-state index < -0.39 is 11.7 Å². The van der Waals surface area contributed by atoms with E-state index in [0.717, 1.165) is 0 Å². The van der Waals surface area contributed by atoms with Crippen LogP contribution in [-0.2, 0) is 4.74 Å². The van der Waals surface area contributed by atoms with Gasteiger partial charge in [-0.05, 0) is 40.9 Å². The number of hydrogen-bond acceptors (Lipinski definition) is 5. The Balaban J connectivity index is 3.11. The largest absolute Gasteiger partial charge is 0.496 e. The van der Waals surface area contributed by atoms with E-state index in [9.17, 15) is 4.79 Å². The molecule has 6 nitrogen and oxygen atoms in total. The van der Waals surface area contributed by atoms with E-state index in [1.165, 1.54) is 4.90 Å². The van der Waals surface area contributed by atoms with Crippen molar-refractivity contribution in [1.29, 1.82) is 0 Å². The molecular formula is C16H26N3O3. The van der Waals surface area contributed by atoms with Crippen LogP contribution < -0.4 is 15.4 Å². The first-order valence-corrected chi connectivity index (χ1v) is 7.14. The van der Waals surface area contributed by atoms with Crippen LogP contribution in [0.1, 0.15) is 20.8 Å². The predicted molar refractivity (Wildman–Crippen MR) is 88.4 cm³/mol. The van der Waals surface area contributed by atoms with Crippen molar-refractivity contribution in [3.63, 3.8) is 0 Å². The molecule has 0 bridgehead atoms. The van der Waals surface area contributed by atoms with Crippen LogP contribution in [-0.4, -0.2) is 50.9 Å². The molecule has 0 atom stereocenters. The zero-order valence-electron chi connectivity index (χ0n) is 14.3. The van der Waals surface area contributed by atoms with Gasteiger partial charge in [0.1, 0.15) is 11.4 Å². The molecule has 0 heterocycles. The van der Waals surface area contributed by atoms with Crippen molar-refractivity contribution >= 4 is 17.5 Å². The summed E-state index contributed by atoms with van der Waals surface area (Å²) in [5, 5.41) is 0. The van der Waals surface area contributed by atoms with E-state index in [1.807, 2.05) is 39.8 Å². The Hall–Kier alpha value is -1.95. The number of amides is 1. The number of nitrogens with zero attached hydrogens (tertiary/aromatic N) is 2. The molecule has 1 amide bonds. The van der Waals surface area contributed by atoms with Gasteiger partial charge in [-0.25, -0.2) is 4.79 Å². The zero-order chi connectivity index (χ0) is 16.9. The van der Waals surface area contributed by atoms with Gasteiger partial charge in [-0.3, -0.25) is 4.90 Å². The van der Waals surface area contributed by atoms with Gasteiger partial charge in [0.05, 0.1) is 18.5 Å². The van der Waals surface area contributed by atoms with Gasteiger partial charge in [0, 0.05) is 25.2 Å². The lowest BCUT2D eigenvalue weighted by molar-refractivity contribution is 0.0578. The SMILES string of the molecule is COc1[c]cc(N)c(N(CCN(C)C)C(=O)OC(C)(C)C)c1. The Morgan fingerprint density at radius 3 is 2.45 bits per heavy atom. The second-order valence-corrected chi connectivity index (χ2v) is 6.28. The van der Waals surface area contributed by atoms with Crippen molar-refractivity contribution in [3.8, 4) is 5.75 Å². The first kappa shape index (κ1) is 18.1. The maximum Gasteiger partial charge on any atom is 0.414 e. The number of likely N-dealkylation sites (N-methyl/N-ethyl adjacent to an activating group) is 1. The fourth-order valence-corrected chi connectivity index (χ4v) is 1.75. The van der Waals surface area contributed by atoms with E-state index in [-0.39, 0.29) is 0 Å².